The summed E-state index contributed by atoms with van der Waals surface area (Å²) in [5, 5.41) is 0. The Morgan fingerprint density at radius 1 is 1.33 bits per heavy atom. The first kappa shape index (κ1) is 14.7. The van der Waals surface area contributed by atoms with Crippen LogP contribution >= 0.6 is 0 Å². The third kappa shape index (κ3) is 4.14. The SMILES string of the molecule is CCS(=O)(=O)CCCC(=O)c1ccc(C)c(N)c1. The van der Waals surface area contributed by atoms with E-state index in [-0.39, 0.29) is 23.7 Å². The van der Waals surface area contributed by atoms with Crippen molar-refractivity contribution in [2.24, 2.45) is 0 Å². The van der Waals surface area contributed by atoms with Gasteiger partial charge in [0.1, 0.15) is 9.84 Å². The Hall–Kier alpha value is -1.36. The Labute approximate surface area is 108 Å². The molecule has 1 rings (SSSR count). The number of aryl methyl sites for hydroxylation is 1. The molecule has 1 aromatic rings. The van der Waals surface area contributed by atoms with Crippen LogP contribution in [0.1, 0.15) is 35.7 Å². The number of ketones is 1. The Morgan fingerprint density at radius 2 is 2.00 bits per heavy atom. The van der Waals surface area contributed by atoms with Gasteiger partial charge in [-0.1, -0.05) is 19.1 Å². The lowest BCUT2D eigenvalue weighted by molar-refractivity contribution is 0.0982. The van der Waals surface area contributed by atoms with Gasteiger partial charge in [-0.25, -0.2) is 8.42 Å². The van der Waals surface area contributed by atoms with Gasteiger partial charge in [-0.05, 0) is 25.0 Å². The zero-order valence-electron chi connectivity index (χ0n) is 10.8. The van der Waals surface area contributed by atoms with Crippen molar-refractivity contribution in [1.29, 1.82) is 0 Å². The number of hydrogen-bond acceptors (Lipinski definition) is 4. The van der Waals surface area contributed by atoms with E-state index < -0.39 is 9.84 Å². The molecule has 18 heavy (non-hydrogen) atoms. The number of sulfone groups is 1. The normalized spacial score (nSPS) is 11.4. The number of carbonyl (C=O) groups excluding carboxylic acids is 1. The number of rotatable bonds is 6. The molecule has 0 heterocycles. The zero-order valence-corrected chi connectivity index (χ0v) is 11.6. The molecule has 0 atom stereocenters. The van der Waals surface area contributed by atoms with E-state index in [1.54, 1.807) is 25.1 Å². The first-order valence-electron chi connectivity index (χ1n) is 5.95. The summed E-state index contributed by atoms with van der Waals surface area (Å²) in [7, 11) is -2.99. The third-order valence-corrected chi connectivity index (χ3v) is 4.69. The van der Waals surface area contributed by atoms with Crippen molar-refractivity contribution in [3.8, 4) is 0 Å². The highest BCUT2D eigenvalue weighted by Crippen LogP contribution is 2.15. The van der Waals surface area contributed by atoms with Crippen LogP contribution in [-0.2, 0) is 9.84 Å². The highest BCUT2D eigenvalue weighted by Gasteiger charge is 2.11. The number of benzene rings is 1. The average molecular weight is 269 g/mol. The summed E-state index contributed by atoms with van der Waals surface area (Å²) in [5.74, 6) is 0.128. The minimum atomic E-state index is -2.99. The summed E-state index contributed by atoms with van der Waals surface area (Å²) in [6.45, 7) is 3.48. The third-order valence-electron chi connectivity index (χ3n) is 2.90. The maximum Gasteiger partial charge on any atom is 0.162 e. The number of carbonyl (C=O) groups is 1. The second-order valence-electron chi connectivity index (χ2n) is 4.33. The van der Waals surface area contributed by atoms with Crippen molar-refractivity contribution in [3.63, 3.8) is 0 Å². The van der Waals surface area contributed by atoms with Crippen molar-refractivity contribution in [2.45, 2.75) is 26.7 Å². The summed E-state index contributed by atoms with van der Waals surface area (Å²) in [5.41, 5.74) is 7.79. The Balaban J connectivity index is 2.58. The molecule has 0 amide bonds. The first-order valence-corrected chi connectivity index (χ1v) is 7.77. The average Bonchev–Trinajstić information content (AvgIpc) is 2.32. The number of Topliss-reactive ketones (excluding diaryl/α,β-unsaturated/α-hetero) is 1. The van der Waals surface area contributed by atoms with Crippen LogP contribution in [0.2, 0.25) is 0 Å². The van der Waals surface area contributed by atoms with Crippen molar-refractivity contribution in [2.75, 3.05) is 17.2 Å². The molecule has 2 N–H and O–H groups in total. The molecule has 0 unspecified atom stereocenters. The van der Waals surface area contributed by atoms with Gasteiger partial charge in [-0.3, -0.25) is 4.79 Å². The number of hydrogen-bond donors (Lipinski definition) is 1. The molecule has 100 valence electrons. The first-order chi connectivity index (χ1) is 8.35. The summed E-state index contributed by atoms with van der Waals surface area (Å²) < 4.78 is 22.6. The maximum absolute atomic E-state index is 11.8. The minimum Gasteiger partial charge on any atom is -0.398 e. The van der Waals surface area contributed by atoms with Gasteiger partial charge in [0.05, 0.1) is 5.75 Å². The second kappa shape index (κ2) is 6.00. The molecule has 1 aromatic carbocycles. The minimum absolute atomic E-state index is 0.0620. The molecule has 0 saturated carbocycles. The molecule has 0 fully saturated rings. The zero-order chi connectivity index (χ0) is 13.8. The molecular formula is C13H19NO3S. The van der Waals surface area contributed by atoms with E-state index in [2.05, 4.69) is 0 Å². The van der Waals surface area contributed by atoms with E-state index in [9.17, 15) is 13.2 Å². The predicted molar refractivity (Wildman–Crippen MR) is 73.5 cm³/mol. The lowest BCUT2D eigenvalue weighted by Gasteiger charge is -2.05. The molecule has 0 bridgehead atoms. The van der Waals surface area contributed by atoms with E-state index in [0.717, 1.165) is 5.56 Å². The van der Waals surface area contributed by atoms with Gasteiger partial charge in [0, 0.05) is 23.4 Å². The summed E-state index contributed by atoms with van der Waals surface area (Å²) in [6.07, 6.45) is 0.602. The number of nitrogens with two attached hydrogens (primary N) is 1. The van der Waals surface area contributed by atoms with E-state index >= 15 is 0 Å². The van der Waals surface area contributed by atoms with Crippen molar-refractivity contribution < 1.29 is 13.2 Å². The van der Waals surface area contributed by atoms with E-state index in [1.807, 2.05) is 6.92 Å². The summed E-state index contributed by atoms with van der Waals surface area (Å²) in [4.78, 5) is 11.8. The van der Waals surface area contributed by atoms with E-state index in [0.29, 0.717) is 17.7 Å². The van der Waals surface area contributed by atoms with Crippen LogP contribution in [0.4, 0.5) is 5.69 Å². The molecule has 4 nitrogen and oxygen atoms in total. The Morgan fingerprint density at radius 3 is 2.56 bits per heavy atom. The second-order valence-corrected chi connectivity index (χ2v) is 6.81. The fourth-order valence-electron chi connectivity index (χ4n) is 1.56. The van der Waals surface area contributed by atoms with E-state index in [1.165, 1.54) is 0 Å². The molecule has 0 aliphatic carbocycles. The van der Waals surface area contributed by atoms with Crippen molar-refractivity contribution in [1.82, 2.24) is 0 Å². The molecular weight excluding hydrogens is 250 g/mol. The van der Waals surface area contributed by atoms with Crippen LogP contribution in [0.25, 0.3) is 0 Å². The van der Waals surface area contributed by atoms with Gasteiger partial charge in [-0.2, -0.15) is 0 Å². The number of nitrogen functional groups attached to an aromatic ring is 1. The highest BCUT2D eigenvalue weighted by atomic mass is 32.2. The summed E-state index contributed by atoms with van der Waals surface area (Å²) >= 11 is 0. The fraction of sp³-hybridized carbons (Fsp3) is 0.462. The lowest BCUT2D eigenvalue weighted by Crippen LogP contribution is -2.10. The molecule has 0 spiro atoms. The molecule has 0 aliphatic rings. The van der Waals surface area contributed by atoms with Crippen LogP contribution in [0.15, 0.2) is 18.2 Å². The van der Waals surface area contributed by atoms with Gasteiger partial charge in [0.15, 0.2) is 5.78 Å². The topological polar surface area (TPSA) is 77.2 Å². The monoisotopic (exact) mass is 269 g/mol. The highest BCUT2D eigenvalue weighted by molar-refractivity contribution is 7.91. The van der Waals surface area contributed by atoms with E-state index in [4.69, 9.17) is 5.73 Å². The Kier molecular flexibility index (Phi) is 4.90. The van der Waals surface area contributed by atoms with Gasteiger partial charge in [0.2, 0.25) is 0 Å². The van der Waals surface area contributed by atoms with Crippen LogP contribution in [0.5, 0.6) is 0 Å². The Bertz CT molecular complexity index is 535. The van der Waals surface area contributed by atoms with Crippen LogP contribution in [0.3, 0.4) is 0 Å². The quantitative estimate of drug-likeness (QED) is 0.632. The standard InChI is InChI=1S/C13H19NO3S/c1-3-18(16,17)8-4-5-13(15)11-7-6-10(2)12(14)9-11/h6-7,9H,3-5,8,14H2,1-2H3. The van der Waals surface area contributed by atoms with Gasteiger partial charge < -0.3 is 5.73 Å². The van der Waals surface area contributed by atoms with Gasteiger partial charge >= 0.3 is 0 Å². The van der Waals surface area contributed by atoms with Crippen LogP contribution in [-0.4, -0.2) is 25.7 Å². The predicted octanol–water partition coefficient (Wildman–Crippen LogP) is 1.97. The van der Waals surface area contributed by atoms with Crippen LogP contribution in [0, 0.1) is 6.92 Å². The van der Waals surface area contributed by atoms with Crippen molar-refractivity contribution in [3.05, 3.63) is 29.3 Å². The largest absolute Gasteiger partial charge is 0.398 e. The maximum atomic E-state index is 11.8. The smallest absolute Gasteiger partial charge is 0.162 e. The lowest BCUT2D eigenvalue weighted by atomic mass is 10.0. The molecule has 0 aliphatic heterocycles. The van der Waals surface area contributed by atoms with Gasteiger partial charge in [-0.15, -0.1) is 0 Å². The molecule has 5 heteroatoms. The summed E-state index contributed by atoms with van der Waals surface area (Å²) in [6, 6.07) is 5.17. The number of anilines is 1. The van der Waals surface area contributed by atoms with Crippen molar-refractivity contribution >= 4 is 21.3 Å². The van der Waals surface area contributed by atoms with Crippen LogP contribution < -0.4 is 5.73 Å². The molecule has 0 radical (unpaired) electrons. The molecule has 0 saturated heterocycles. The van der Waals surface area contributed by atoms with Gasteiger partial charge in [0.25, 0.3) is 0 Å². The fourth-order valence-corrected chi connectivity index (χ4v) is 2.43. The molecule has 0 aromatic heterocycles.